The lowest BCUT2D eigenvalue weighted by Crippen LogP contribution is -2.13. The van der Waals surface area contributed by atoms with Crippen LogP contribution in [-0.2, 0) is 12.8 Å². The molecule has 6 nitrogen and oxygen atoms in total. The highest BCUT2D eigenvalue weighted by Gasteiger charge is 2.22. The molecule has 0 fully saturated rings. The molecule has 152 valence electrons. The Morgan fingerprint density at radius 1 is 1.10 bits per heavy atom. The molecule has 0 unspecified atom stereocenters. The van der Waals surface area contributed by atoms with Crippen LogP contribution in [0.15, 0.2) is 16.9 Å². The number of rotatable bonds is 5. The van der Waals surface area contributed by atoms with E-state index in [-0.39, 0.29) is 5.56 Å². The van der Waals surface area contributed by atoms with Crippen LogP contribution < -0.4 is 19.8 Å². The summed E-state index contributed by atoms with van der Waals surface area (Å²) in [4.78, 5) is 22.5. The quantitative estimate of drug-likeness (QED) is 0.676. The first-order chi connectivity index (χ1) is 14.0. The molecule has 0 radical (unpaired) electrons. The van der Waals surface area contributed by atoms with Crippen LogP contribution in [0.3, 0.4) is 0 Å². The molecule has 1 aliphatic carbocycles. The lowest BCUT2D eigenvalue weighted by molar-refractivity contribution is 0.348. The lowest BCUT2D eigenvalue weighted by Gasteiger charge is -2.17. The molecule has 2 aromatic heterocycles. The Kier molecular flexibility index (Phi) is 5.32. The number of nitrogens with zero attached hydrogens (tertiary/aromatic N) is 1. The molecule has 1 aromatic carbocycles. The van der Waals surface area contributed by atoms with Crippen LogP contribution in [0.25, 0.3) is 22.4 Å². The van der Waals surface area contributed by atoms with Crippen molar-refractivity contribution in [2.45, 2.75) is 26.2 Å². The van der Waals surface area contributed by atoms with Crippen molar-refractivity contribution < 1.29 is 14.2 Å². The van der Waals surface area contributed by atoms with Gasteiger partial charge in [0.15, 0.2) is 11.5 Å². The first-order valence-corrected chi connectivity index (χ1v) is 10.4. The Bertz CT molecular complexity index is 1150. The van der Waals surface area contributed by atoms with E-state index in [1.54, 1.807) is 44.8 Å². The third-order valence-corrected chi connectivity index (χ3v) is 6.49. The van der Waals surface area contributed by atoms with E-state index in [0.29, 0.717) is 29.0 Å². The molecule has 0 spiro atoms. The Morgan fingerprint density at radius 3 is 2.55 bits per heavy atom. The molecule has 0 aliphatic heterocycles. The van der Waals surface area contributed by atoms with E-state index >= 15 is 0 Å². The second-order valence-electron chi connectivity index (χ2n) is 7.27. The second kappa shape index (κ2) is 7.91. The third-order valence-electron chi connectivity index (χ3n) is 5.34. The van der Waals surface area contributed by atoms with E-state index in [0.717, 1.165) is 35.0 Å². The number of benzene rings is 1. The molecule has 0 bridgehead atoms. The van der Waals surface area contributed by atoms with E-state index in [1.165, 1.54) is 10.4 Å². The zero-order valence-electron chi connectivity index (χ0n) is 17.0. The number of hydrogen-bond acceptors (Lipinski definition) is 6. The van der Waals surface area contributed by atoms with Crippen molar-refractivity contribution in [2.75, 3.05) is 21.3 Å². The van der Waals surface area contributed by atoms with Crippen LogP contribution in [0.1, 0.15) is 35.2 Å². The number of ether oxygens (including phenoxy) is 3. The number of methoxy groups -OCH3 is 3. The van der Waals surface area contributed by atoms with Gasteiger partial charge in [-0.3, -0.25) is 4.79 Å². The van der Waals surface area contributed by atoms with Crippen molar-refractivity contribution >= 4 is 33.7 Å². The highest BCUT2D eigenvalue weighted by Crippen LogP contribution is 2.37. The molecule has 0 amide bonds. The summed E-state index contributed by atoms with van der Waals surface area (Å²) in [5.41, 5.74) is 1.92. The molecule has 1 N–H and O–H groups in total. The van der Waals surface area contributed by atoms with Gasteiger partial charge in [0.1, 0.15) is 16.4 Å². The molecule has 1 atom stereocenters. The minimum atomic E-state index is -0.0685. The topological polar surface area (TPSA) is 73.4 Å². The van der Waals surface area contributed by atoms with Gasteiger partial charge < -0.3 is 19.2 Å². The van der Waals surface area contributed by atoms with Crippen molar-refractivity contribution in [2.24, 2.45) is 5.92 Å². The monoisotopic (exact) mass is 412 g/mol. The second-order valence-corrected chi connectivity index (χ2v) is 8.35. The number of aromatic amines is 1. The standard InChI is InChI=1S/C22H24N2O4S/c1-12-5-7-14-18(9-12)29-22-20(14)21(25)23-19(24-22)8-6-13-10-16(27-3)17(28-4)11-15(13)26-2/h6,8,10-12H,5,7,9H2,1-4H3,(H,23,24,25)/b8-6+/t12-/m1/s1. The zero-order valence-corrected chi connectivity index (χ0v) is 17.8. The minimum absolute atomic E-state index is 0.0685. The SMILES string of the molecule is COc1cc(OC)c(OC)cc1/C=C/c1nc2sc3c(c2c(=O)[nH]1)CC[C@@H](C)C3. The van der Waals surface area contributed by atoms with Crippen molar-refractivity contribution in [1.29, 1.82) is 0 Å². The summed E-state index contributed by atoms with van der Waals surface area (Å²) in [5.74, 6) is 3.01. The number of H-pyrrole nitrogens is 1. The Labute approximate surface area is 173 Å². The van der Waals surface area contributed by atoms with Gasteiger partial charge in [0.2, 0.25) is 0 Å². The summed E-state index contributed by atoms with van der Waals surface area (Å²) in [5, 5.41) is 0.762. The molecule has 4 rings (SSSR count). The summed E-state index contributed by atoms with van der Waals surface area (Å²) in [7, 11) is 4.77. The van der Waals surface area contributed by atoms with Gasteiger partial charge in [0.05, 0.1) is 26.7 Å². The molecule has 29 heavy (non-hydrogen) atoms. The van der Waals surface area contributed by atoms with Crippen LogP contribution in [0.5, 0.6) is 17.2 Å². The third kappa shape index (κ3) is 3.62. The van der Waals surface area contributed by atoms with Crippen molar-refractivity contribution in [3.63, 3.8) is 0 Å². The number of fused-ring (bicyclic) bond motifs is 3. The van der Waals surface area contributed by atoms with Crippen LogP contribution in [-0.4, -0.2) is 31.3 Å². The van der Waals surface area contributed by atoms with E-state index in [1.807, 2.05) is 12.1 Å². The maximum atomic E-state index is 12.7. The summed E-state index contributed by atoms with van der Waals surface area (Å²) in [6, 6.07) is 3.60. The Morgan fingerprint density at radius 2 is 1.83 bits per heavy atom. The van der Waals surface area contributed by atoms with Gasteiger partial charge in [-0.05, 0) is 49.0 Å². The first kappa shape index (κ1) is 19.5. The maximum absolute atomic E-state index is 12.7. The maximum Gasteiger partial charge on any atom is 0.260 e. The van der Waals surface area contributed by atoms with Crippen LogP contribution in [0.2, 0.25) is 0 Å². The van der Waals surface area contributed by atoms with Crippen LogP contribution in [0.4, 0.5) is 0 Å². The lowest BCUT2D eigenvalue weighted by atomic mass is 9.89. The van der Waals surface area contributed by atoms with Gasteiger partial charge in [-0.25, -0.2) is 4.98 Å². The van der Waals surface area contributed by atoms with Gasteiger partial charge in [0, 0.05) is 16.5 Å². The van der Waals surface area contributed by atoms with Crippen molar-refractivity contribution in [1.82, 2.24) is 9.97 Å². The van der Waals surface area contributed by atoms with E-state index in [4.69, 9.17) is 19.2 Å². The predicted octanol–water partition coefficient (Wildman–Crippen LogP) is 4.31. The molecule has 0 saturated heterocycles. The fourth-order valence-electron chi connectivity index (χ4n) is 3.80. The summed E-state index contributed by atoms with van der Waals surface area (Å²) in [6.45, 7) is 2.26. The van der Waals surface area contributed by atoms with E-state index < -0.39 is 0 Å². The molecular formula is C22H24N2O4S. The molecule has 1 aliphatic rings. The molecule has 2 heterocycles. The average molecular weight is 413 g/mol. The van der Waals surface area contributed by atoms with Crippen LogP contribution in [0, 0.1) is 5.92 Å². The highest BCUT2D eigenvalue weighted by atomic mass is 32.1. The van der Waals surface area contributed by atoms with Gasteiger partial charge in [-0.15, -0.1) is 11.3 Å². The molecule has 0 saturated carbocycles. The van der Waals surface area contributed by atoms with Gasteiger partial charge in [-0.1, -0.05) is 6.92 Å². The van der Waals surface area contributed by atoms with Gasteiger partial charge in [0.25, 0.3) is 5.56 Å². The van der Waals surface area contributed by atoms with Crippen molar-refractivity contribution in [3.8, 4) is 17.2 Å². The van der Waals surface area contributed by atoms with Gasteiger partial charge >= 0.3 is 0 Å². The largest absolute Gasteiger partial charge is 0.496 e. The van der Waals surface area contributed by atoms with Gasteiger partial charge in [-0.2, -0.15) is 0 Å². The van der Waals surface area contributed by atoms with E-state index in [9.17, 15) is 4.79 Å². The highest BCUT2D eigenvalue weighted by molar-refractivity contribution is 7.18. The number of thiophene rings is 1. The fraction of sp³-hybridized carbons (Fsp3) is 0.364. The predicted molar refractivity (Wildman–Crippen MR) is 116 cm³/mol. The Hall–Kier alpha value is -2.80. The van der Waals surface area contributed by atoms with Crippen molar-refractivity contribution in [3.05, 3.63) is 44.3 Å². The van der Waals surface area contributed by atoms with Crippen LogP contribution >= 0.6 is 11.3 Å². The smallest absolute Gasteiger partial charge is 0.260 e. The fourth-order valence-corrected chi connectivity index (χ4v) is 5.19. The molecular weight excluding hydrogens is 388 g/mol. The number of nitrogens with one attached hydrogen (secondary N) is 1. The summed E-state index contributed by atoms with van der Waals surface area (Å²) >= 11 is 1.65. The molecule has 7 heteroatoms. The van der Waals surface area contributed by atoms with E-state index in [2.05, 4.69) is 11.9 Å². The zero-order chi connectivity index (χ0) is 20.5. The summed E-state index contributed by atoms with van der Waals surface area (Å²) < 4.78 is 16.2. The normalized spacial score (nSPS) is 16.2. The number of hydrogen-bond donors (Lipinski definition) is 1. The minimum Gasteiger partial charge on any atom is -0.496 e. The Balaban J connectivity index is 1.73. The number of aromatic nitrogens is 2. The number of aryl methyl sites for hydroxylation is 1. The summed E-state index contributed by atoms with van der Waals surface area (Å²) in [6.07, 6.45) is 6.74. The first-order valence-electron chi connectivity index (χ1n) is 9.56. The molecule has 3 aromatic rings. The average Bonchev–Trinajstić information content (AvgIpc) is 3.09.